The topological polar surface area (TPSA) is 39.2 Å². The minimum atomic E-state index is -0.182. The van der Waals surface area contributed by atoms with E-state index in [0.29, 0.717) is 18.9 Å². The average molecular weight is 219 g/mol. The van der Waals surface area contributed by atoms with Crippen LogP contribution in [0.1, 0.15) is 25.3 Å². The predicted molar refractivity (Wildman–Crippen MR) is 61.1 cm³/mol. The van der Waals surface area contributed by atoms with Crippen molar-refractivity contribution in [2.75, 3.05) is 6.61 Å². The third kappa shape index (κ3) is 2.89. The van der Waals surface area contributed by atoms with E-state index in [2.05, 4.69) is 4.98 Å². The van der Waals surface area contributed by atoms with Gasteiger partial charge in [0.05, 0.1) is 0 Å². The van der Waals surface area contributed by atoms with Gasteiger partial charge < -0.3 is 4.74 Å². The highest BCUT2D eigenvalue weighted by Crippen LogP contribution is 2.35. The Morgan fingerprint density at radius 1 is 1.50 bits per heavy atom. The molecule has 16 heavy (non-hydrogen) atoms. The molecule has 1 atom stereocenters. The molecule has 0 N–H and O–H groups in total. The molecule has 0 spiro atoms. The molecule has 0 aliphatic heterocycles. The van der Waals surface area contributed by atoms with E-state index in [-0.39, 0.29) is 11.9 Å². The molecule has 1 fully saturated rings. The molecule has 1 saturated carbocycles. The fourth-order valence-electron chi connectivity index (χ4n) is 1.87. The van der Waals surface area contributed by atoms with E-state index >= 15 is 0 Å². The Morgan fingerprint density at radius 2 is 2.19 bits per heavy atom. The summed E-state index contributed by atoms with van der Waals surface area (Å²) in [4.78, 5) is 16.0. The van der Waals surface area contributed by atoms with E-state index in [4.69, 9.17) is 4.74 Å². The van der Waals surface area contributed by atoms with Crippen LogP contribution in [0.15, 0.2) is 24.5 Å². The molecule has 1 aromatic rings. The Labute approximate surface area is 95.8 Å². The number of aromatic nitrogens is 1. The summed E-state index contributed by atoms with van der Waals surface area (Å²) in [5.41, 5.74) is 1.02. The van der Waals surface area contributed by atoms with Gasteiger partial charge in [-0.3, -0.25) is 9.78 Å². The summed E-state index contributed by atoms with van der Waals surface area (Å²) in [5.74, 6) is 0.671. The van der Waals surface area contributed by atoms with Gasteiger partial charge in [-0.05, 0) is 43.4 Å². The highest BCUT2D eigenvalue weighted by atomic mass is 16.5. The number of Topliss-reactive ketones (excluding diaryl/α,β-unsaturated/α-hetero) is 1. The number of pyridine rings is 1. The van der Waals surface area contributed by atoms with Crippen LogP contribution in [-0.4, -0.2) is 23.5 Å². The normalized spacial score (nSPS) is 17.1. The quantitative estimate of drug-likeness (QED) is 0.734. The lowest BCUT2D eigenvalue weighted by atomic mass is 10.0. The molecule has 1 aliphatic carbocycles. The summed E-state index contributed by atoms with van der Waals surface area (Å²) in [7, 11) is 0. The number of ether oxygens (including phenoxy) is 1. The van der Waals surface area contributed by atoms with Crippen molar-refractivity contribution in [3.8, 4) is 0 Å². The van der Waals surface area contributed by atoms with Crippen molar-refractivity contribution in [3.05, 3.63) is 30.1 Å². The van der Waals surface area contributed by atoms with E-state index in [0.717, 1.165) is 18.4 Å². The molecule has 2 rings (SSSR count). The largest absolute Gasteiger partial charge is 0.370 e. The first kappa shape index (κ1) is 11.3. The lowest BCUT2D eigenvalue weighted by Crippen LogP contribution is -2.28. The average Bonchev–Trinajstić information content (AvgIpc) is 3.11. The number of carbonyl (C=O) groups excluding carboxylic acids is 1. The van der Waals surface area contributed by atoms with Crippen LogP contribution in [0, 0.1) is 5.92 Å². The second-order valence-electron chi connectivity index (χ2n) is 4.21. The molecule has 3 nitrogen and oxygen atoms in total. The van der Waals surface area contributed by atoms with Crippen molar-refractivity contribution in [2.24, 2.45) is 5.92 Å². The van der Waals surface area contributed by atoms with Crippen molar-refractivity contribution in [1.82, 2.24) is 4.98 Å². The van der Waals surface area contributed by atoms with Crippen LogP contribution in [-0.2, 0) is 16.0 Å². The van der Waals surface area contributed by atoms with E-state index in [1.54, 1.807) is 12.4 Å². The van der Waals surface area contributed by atoms with Crippen LogP contribution in [0.25, 0.3) is 0 Å². The Balaban J connectivity index is 1.95. The summed E-state index contributed by atoms with van der Waals surface area (Å²) >= 11 is 0. The SMILES string of the molecule is CCOC(C(=O)Cc1ccncc1)C1CC1. The number of nitrogens with zero attached hydrogens (tertiary/aromatic N) is 1. The Hall–Kier alpha value is -1.22. The van der Waals surface area contributed by atoms with Crippen LogP contribution >= 0.6 is 0 Å². The van der Waals surface area contributed by atoms with Gasteiger partial charge in [-0.25, -0.2) is 0 Å². The van der Waals surface area contributed by atoms with Gasteiger partial charge >= 0.3 is 0 Å². The zero-order chi connectivity index (χ0) is 11.4. The standard InChI is InChI=1S/C13H17NO2/c1-2-16-13(11-3-4-11)12(15)9-10-5-7-14-8-6-10/h5-8,11,13H,2-4,9H2,1H3. The molecular formula is C13H17NO2. The van der Waals surface area contributed by atoms with Gasteiger partial charge in [0.25, 0.3) is 0 Å². The third-order valence-corrected chi connectivity index (χ3v) is 2.84. The highest BCUT2D eigenvalue weighted by Gasteiger charge is 2.36. The third-order valence-electron chi connectivity index (χ3n) is 2.84. The van der Waals surface area contributed by atoms with E-state index in [1.807, 2.05) is 19.1 Å². The van der Waals surface area contributed by atoms with Crippen LogP contribution in [0.2, 0.25) is 0 Å². The number of hydrogen-bond acceptors (Lipinski definition) is 3. The van der Waals surface area contributed by atoms with E-state index in [9.17, 15) is 4.79 Å². The smallest absolute Gasteiger partial charge is 0.166 e. The van der Waals surface area contributed by atoms with E-state index in [1.165, 1.54) is 0 Å². The minimum absolute atomic E-state index is 0.182. The molecule has 1 aliphatic rings. The zero-order valence-electron chi connectivity index (χ0n) is 9.56. The lowest BCUT2D eigenvalue weighted by molar-refractivity contribution is -0.130. The Kier molecular flexibility index (Phi) is 3.67. The summed E-state index contributed by atoms with van der Waals surface area (Å²) in [5, 5.41) is 0. The first-order chi connectivity index (χ1) is 7.81. The molecule has 3 heteroatoms. The second-order valence-corrected chi connectivity index (χ2v) is 4.21. The molecular weight excluding hydrogens is 202 g/mol. The first-order valence-corrected chi connectivity index (χ1v) is 5.84. The molecule has 0 aromatic carbocycles. The van der Waals surface area contributed by atoms with Gasteiger partial charge in [0, 0.05) is 25.4 Å². The monoisotopic (exact) mass is 219 g/mol. The van der Waals surface area contributed by atoms with Crippen molar-refractivity contribution in [1.29, 1.82) is 0 Å². The highest BCUT2D eigenvalue weighted by molar-refractivity contribution is 5.85. The zero-order valence-corrected chi connectivity index (χ0v) is 9.56. The summed E-state index contributed by atoms with van der Waals surface area (Å²) < 4.78 is 5.53. The fourth-order valence-corrected chi connectivity index (χ4v) is 1.87. The number of rotatable bonds is 6. The molecule has 1 heterocycles. The van der Waals surface area contributed by atoms with Crippen molar-refractivity contribution >= 4 is 5.78 Å². The maximum atomic E-state index is 12.0. The molecule has 1 unspecified atom stereocenters. The molecule has 1 aromatic heterocycles. The molecule has 86 valence electrons. The second kappa shape index (κ2) is 5.21. The van der Waals surface area contributed by atoms with Crippen LogP contribution in [0.5, 0.6) is 0 Å². The lowest BCUT2D eigenvalue weighted by Gasteiger charge is -2.14. The summed E-state index contributed by atoms with van der Waals surface area (Å²) in [6.45, 7) is 2.55. The summed E-state index contributed by atoms with van der Waals surface area (Å²) in [6.07, 6.45) is 5.98. The van der Waals surface area contributed by atoms with Gasteiger partial charge in [0.2, 0.25) is 0 Å². The van der Waals surface area contributed by atoms with Crippen LogP contribution < -0.4 is 0 Å². The Morgan fingerprint density at radius 3 is 2.75 bits per heavy atom. The minimum Gasteiger partial charge on any atom is -0.370 e. The number of carbonyl (C=O) groups is 1. The van der Waals surface area contributed by atoms with Crippen molar-refractivity contribution in [3.63, 3.8) is 0 Å². The number of hydrogen-bond donors (Lipinski definition) is 0. The van der Waals surface area contributed by atoms with Gasteiger partial charge in [0.1, 0.15) is 6.10 Å². The summed E-state index contributed by atoms with van der Waals surface area (Å²) in [6, 6.07) is 3.77. The van der Waals surface area contributed by atoms with Crippen LogP contribution in [0.3, 0.4) is 0 Å². The Bertz CT molecular complexity index is 346. The van der Waals surface area contributed by atoms with Crippen LogP contribution in [0.4, 0.5) is 0 Å². The number of ketones is 1. The molecule has 0 saturated heterocycles. The van der Waals surface area contributed by atoms with Gasteiger partial charge in [-0.1, -0.05) is 0 Å². The predicted octanol–water partition coefficient (Wildman–Crippen LogP) is 2.01. The molecule has 0 radical (unpaired) electrons. The first-order valence-electron chi connectivity index (χ1n) is 5.84. The van der Waals surface area contributed by atoms with Gasteiger partial charge in [-0.2, -0.15) is 0 Å². The maximum absolute atomic E-state index is 12.0. The van der Waals surface area contributed by atoms with Gasteiger partial charge in [0.15, 0.2) is 5.78 Å². The fraction of sp³-hybridized carbons (Fsp3) is 0.538. The van der Waals surface area contributed by atoms with Gasteiger partial charge in [-0.15, -0.1) is 0 Å². The van der Waals surface area contributed by atoms with Crippen molar-refractivity contribution < 1.29 is 9.53 Å². The maximum Gasteiger partial charge on any atom is 0.166 e. The molecule has 0 amide bonds. The molecule has 0 bridgehead atoms. The van der Waals surface area contributed by atoms with E-state index < -0.39 is 0 Å². The van der Waals surface area contributed by atoms with Crippen molar-refractivity contribution in [2.45, 2.75) is 32.3 Å².